The number of ether oxygens (including phenoxy) is 3. The molecule has 0 N–H and O–H groups in total. The number of carbonyl (C=O) groups excluding carboxylic acids is 3. The normalized spacial score (nSPS) is 12.4. The third-order valence-corrected chi connectivity index (χ3v) is 12.3. The molecule has 0 spiro atoms. The summed E-state index contributed by atoms with van der Waals surface area (Å²) in [7, 11) is 0. The molecule has 0 bridgehead atoms. The van der Waals surface area contributed by atoms with Crippen molar-refractivity contribution < 1.29 is 28.6 Å². The zero-order chi connectivity index (χ0) is 47.2. The second kappa shape index (κ2) is 54.0. The van der Waals surface area contributed by atoms with Crippen molar-refractivity contribution in [1.29, 1.82) is 0 Å². The predicted octanol–water partition coefficient (Wildman–Crippen LogP) is 18.7. The lowest BCUT2D eigenvalue weighted by molar-refractivity contribution is -0.167. The van der Waals surface area contributed by atoms with Crippen molar-refractivity contribution >= 4 is 17.9 Å². The van der Waals surface area contributed by atoms with Crippen molar-refractivity contribution in [3.8, 4) is 0 Å². The molecule has 0 radical (unpaired) electrons. The summed E-state index contributed by atoms with van der Waals surface area (Å²) in [6, 6.07) is 0. The highest BCUT2D eigenvalue weighted by atomic mass is 16.6. The summed E-state index contributed by atoms with van der Waals surface area (Å²) < 4.78 is 16.8. The average Bonchev–Trinajstić information content (AvgIpc) is 3.30. The van der Waals surface area contributed by atoms with Gasteiger partial charge in [-0.1, -0.05) is 217 Å². The van der Waals surface area contributed by atoms with E-state index in [-0.39, 0.29) is 31.1 Å². The Morgan fingerprint density at radius 2 is 0.554 bits per heavy atom. The van der Waals surface area contributed by atoms with E-state index in [4.69, 9.17) is 14.2 Å². The molecule has 0 rings (SSSR count). The van der Waals surface area contributed by atoms with Gasteiger partial charge in [-0.15, -0.1) is 0 Å². The predicted molar refractivity (Wildman–Crippen MR) is 279 cm³/mol. The lowest BCUT2D eigenvalue weighted by Crippen LogP contribution is -2.30. The van der Waals surface area contributed by atoms with Crippen LogP contribution in [0, 0.1) is 0 Å². The first kappa shape index (κ1) is 62.4. The maximum Gasteiger partial charge on any atom is 0.306 e. The highest BCUT2D eigenvalue weighted by Crippen LogP contribution is 2.15. The SMILES string of the molecule is CCCCC/C=C\C/C=C\CCCCCCCCCC(=O)OC[C@H](COC(=O)CCCCCCC/C=C\CCCCCCCC)OC(=O)CCCCCCC/C=C\CCCCCCCC. The van der Waals surface area contributed by atoms with Gasteiger partial charge in [0.2, 0.25) is 0 Å². The summed E-state index contributed by atoms with van der Waals surface area (Å²) in [5.74, 6) is -0.895. The van der Waals surface area contributed by atoms with Crippen LogP contribution in [0.25, 0.3) is 0 Å². The number of unbranched alkanes of at least 4 members (excludes halogenated alkanes) is 32. The van der Waals surface area contributed by atoms with Crippen molar-refractivity contribution in [2.75, 3.05) is 13.2 Å². The van der Waals surface area contributed by atoms with Gasteiger partial charge in [-0.3, -0.25) is 14.4 Å². The van der Waals surface area contributed by atoms with Crippen LogP contribution < -0.4 is 0 Å². The zero-order valence-electron chi connectivity index (χ0n) is 43.3. The number of rotatable bonds is 51. The van der Waals surface area contributed by atoms with E-state index in [1.807, 2.05) is 0 Å². The van der Waals surface area contributed by atoms with Crippen LogP contribution in [0.1, 0.15) is 290 Å². The third-order valence-electron chi connectivity index (χ3n) is 12.3. The van der Waals surface area contributed by atoms with Crippen molar-refractivity contribution in [2.45, 2.75) is 297 Å². The minimum atomic E-state index is -0.783. The average molecular weight is 911 g/mol. The molecule has 1 atom stereocenters. The molecule has 0 aromatic carbocycles. The van der Waals surface area contributed by atoms with Gasteiger partial charge in [0.05, 0.1) is 0 Å². The Morgan fingerprint density at radius 1 is 0.308 bits per heavy atom. The molecular formula is C59H106O6. The molecule has 0 saturated carbocycles. The Hall–Kier alpha value is -2.63. The summed E-state index contributed by atoms with van der Waals surface area (Å²) in [5, 5.41) is 0. The zero-order valence-corrected chi connectivity index (χ0v) is 43.3. The second-order valence-corrected chi connectivity index (χ2v) is 18.8. The second-order valence-electron chi connectivity index (χ2n) is 18.8. The van der Waals surface area contributed by atoms with Gasteiger partial charge in [-0.25, -0.2) is 0 Å². The molecule has 6 heteroatoms. The fourth-order valence-corrected chi connectivity index (χ4v) is 7.99. The first-order valence-electron chi connectivity index (χ1n) is 28.1. The van der Waals surface area contributed by atoms with Crippen molar-refractivity contribution in [3.63, 3.8) is 0 Å². The molecular weight excluding hydrogens is 805 g/mol. The van der Waals surface area contributed by atoms with Crippen LogP contribution in [0.5, 0.6) is 0 Å². The van der Waals surface area contributed by atoms with Crippen LogP contribution in [0.4, 0.5) is 0 Å². The van der Waals surface area contributed by atoms with E-state index < -0.39 is 6.10 Å². The number of carbonyl (C=O) groups is 3. The van der Waals surface area contributed by atoms with Gasteiger partial charge < -0.3 is 14.2 Å². The van der Waals surface area contributed by atoms with Gasteiger partial charge >= 0.3 is 17.9 Å². The lowest BCUT2D eigenvalue weighted by Gasteiger charge is -2.18. The van der Waals surface area contributed by atoms with E-state index in [0.717, 1.165) is 89.9 Å². The molecule has 0 heterocycles. The standard InChI is InChI=1S/C59H106O6/c1-4-7-10-13-16-19-22-25-28-29-32-34-37-40-43-46-49-52-58(61)64-55-56(65-59(62)53-50-47-44-41-38-35-31-27-24-21-18-15-12-9-6-3)54-63-57(60)51-48-45-42-39-36-33-30-26-23-20-17-14-11-8-5-2/h16,19,25-28,30-31,56H,4-15,17-18,20-24,29,32-55H2,1-3H3/b19-16-,28-25-,30-26-,31-27-/t56-/m0/s1. The molecule has 0 aliphatic rings. The van der Waals surface area contributed by atoms with Crippen molar-refractivity contribution in [3.05, 3.63) is 48.6 Å². The van der Waals surface area contributed by atoms with Gasteiger partial charge in [0.1, 0.15) is 13.2 Å². The first-order valence-corrected chi connectivity index (χ1v) is 28.1. The van der Waals surface area contributed by atoms with E-state index in [0.29, 0.717) is 19.3 Å². The largest absolute Gasteiger partial charge is 0.462 e. The highest BCUT2D eigenvalue weighted by molar-refractivity contribution is 5.71. The number of esters is 3. The third kappa shape index (κ3) is 52.2. The van der Waals surface area contributed by atoms with Crippen LogP contribution in [0.3, 0.4) is 0 Å². The number of hydrogen-bond acceptors (Lipinski definition) is 6. The molecule has 0 aromatic rings. The Kier molecular flexibility index (Phi) is 51.8. The molecule has 6 nitrogen and oxygen atoms in total. The van der Waals surface area contributed by atoms with E-state index in [1.54, 1.807) is 0 Å². The summed E-state index contributed by atoms with van der Waals surface area (Å²) in [5.41, 5.74) is 0. The van der Waals surface area contributed by atoms with Gasteiger partial charge in [-0.2, -0.15) is 0 Å². The Bertz CT molecular complexity index is 1140. The molecule has 0 aliphatic heterocycles. The van der Waals surface area contributed by atoms with Crippen LogP contribution in [-0.4, -0.2) is 37.2 Å². The van der Waals surface area contributed by atoms with E-state index >= 15 is 0 Å². The minimum Gasteiger partial charge on any atom is -0.462 e. The van der Waals surface area contributed by atoms with E-state index in [9.17, 15) is 14.4 Å². The fraction of sp³-hybridized carbons (Fsp3) is 0.814. The highest BCUT2D eigenvalue weighted by Gasteiger charge is 2.19. The van der Waals surface area contributed by atoms with Crippen LogP contribution in [0.15, 0.2) is 48.6 Å². The maximum atomic E-state index is 12.8. The van der Waals surface area contributed by atoms with Crippen molar-refractivity contribution in [1.82, 2.24) is 0 Å². The molecule has 378 valence electrons. The Balaban J connectivity index is 4.40. The van der Waals surface area contributed by atoms with Gasteiger partial charge in [0, 0.05) is 19.3 Å². The first-order chi connectivity index (χ1) is 32.0. The summed E-state index contributed by atoms with van der Waals surface area (Å²) in [6.07, 6.45) is 65.2. The number of allylic oxidation sites excluding steroid dienone is 8. The minimum absolute atomic E-state index is 0.0820. The smallest absolute Gasteiger partial charge is 0.306 e. The van der Waals surface area contributed by atoms with Gasteiger partial charge in [-0.05, 0) is 103 Å². The molecule has 0 aromatic heterocycles. The van der Waals surface area contributed by atoms with Crippen LogP contribution in [0.2, 0.25) is 0 Å². The maximum absolute atomic E-state index is 12.8. The monoisotopic (exact) mass is 911 g/mol. The summed E-state index contributed by atoms with van der Waals surface area (Å²) in [6.45, 7) is 6.61. The molecule has 65 heavy (non-hydrogen) atoms. The topological polar surface area (TPSA) is 78.9 Å². The van der Waals surface area contributed by atoms with Gasteiger partial charge in [0.15, 0.2) is 6.10 Å². The molecule has 0 unspecified atom stereocenters. The van der Waals surface area contributed by atoms with E-state index in [2.05, 4.69) is 69.4 Å². The van der Waals surface area contributed by atoms with Crippen molar-refractivity contribution in [2.24, 2.45) is 0 Å². The van der Waals surface area contributed by atoms with Crippen LogP contribution in [-0.2, 0) is 28.6 Å². The Morgan fingerprint density at radius 3 is 0.892 bits per heavy atom. The molecule has 0 amide bonds. The van der Waals surface area contributed by atoms with Gasteiger partial charge in [0.25, 0.3) is 0 Å². The fourth-order valence-electron chi connectivity index (χ4n) is 7.99. The Labute approximate surface area is 403 Å². The summed E-state index contributed by atoms with van der Waals surface area (Å²) in [4.78, 5) is 38.1. The molecule has 0 fully saturated rings. The van der Waals surface area contributed by atoms with E-state index in [1.165, 1.54) is 161 Å². The molecule has 0 aliphatic carbocycles. The molecule has 0 saturated heterocycles. The number of hydrogen-bond donors (Lipinski definition) is 0. The quantitative estimate of drug-likeness (QED) is 0.0262. The van der Waals surface area contributed by atoms with Crippen LogP contribution >= 0.6 is 0 Å². The lowest BCUT2D eigenvalue weighted by atomic mass is 10.1. The summed E-state index contributed by atoms with van der Waals surface area (Å²) >= 11 is 0.